The van der Waals surface area contributed by atoms with Gasteiger partial charge in [0.1, 0.15) is 17.6 Å². The molecule has 1 unspecified atom stereocenters. The van der Waals surface area contributed by atoms with Crippen molar-refractivity contribution in [2.45, 2.75) is 32.8 Å². The molecule has 0 aliphatic carbocycles. The third-order valence-electron chi connectivity index (χ3n) is 3.39. The Morgan fingerprint density at radius 2 is 2.00 bits per heavy atom. The van der Waals surface area contributed by atoms with E-state index in [0.29, 0.717) is 23.0 Å². The summed E-state index contributed by atoms with van der Waals surface area (Å²) in [5, 5.41) is 16.9. The molecule has 1 aromatic rings. The van der Waals surface area contributed by atoms with Crippen molar-refractivity contribution in [3.8, 4) is 11.5 Å². The van der Waals surface area contributed by atoms with Crippen molar-refractivity contribution >= 4 is 5.96 Å². The molecule has 1 aromatic carbocycles. The highest BCUT2D eigenvalue weighted by atomic mass is 16.5. The number of aliphatic imine (C=N–C) groups is 1. The number of guanidine groups is 1. The van der Waals surface area contributed by atoms with Crippen molar-refractivity contribution in [3.05, 3.63) is 23.8 Å². The lowest BCUT2D eigenvalue weighted by molar-refractivity contribution is 0.182. The quantitative estimate of drug-likeness (QED) is 0.369. The van der Waals surface area contributed by atoms with Crippen LogP contribution in [-0.4, -0.2) is 44.9 Å². The number of nitrogens with one attached hydrogen (secondary N) is 2. The maximum absolute atomic E-state index is 10.4. The zero-order valence-corrected chi connectivity index (χ0v) is 14.6. The summed E-state index contributed by atoms with van der Waals surface area (Å²) in [4.78, 5) is 4.44. The van der Waals surface area contributed by atoms with Gasteiger partial charge in [-0.25, -0.2) is 0 Å². The van der Waals surface area contributed by atoms with E-state index in [-0.39, 0.29) is 6.54 Å². The van der Waals surface area contributed by atoms with E-state index in [2.05, 4.69) is 22.5 Å². The maximum atomic E-state index is 10.4. The molecule has 0 bridgehead atoms. The summed E-state index contributed by atoms with van der Waals surface area (Å²) in [5.41, 5.74) is 0.667. The first kappa shape index (κ1) is 19.1. The van der Waals surface area contributed by atoms with Gasteiger partial charge in [-0.2, -0.15) is 0 Å². The predicted octanol–water partition coefficient (Wildman–Crippen LogP) is 2.09. The lowest BCUT2D eigenvalue weighted by atomic mass is 10.1. The molecule has 0 amide bonds. The Kier molecular flexibility index (Phi) is 8.90. The van der Waals surface area contributed by atoms with Crippen molar-refractivity contribution in [2.75, 3.05) is 33.9 Å². The molecule has 0 saturated heterocycles. The van der Waals surface area contributed by atoms with Crippen LogP contribution in [0.5, 0.6) is 11.5 Å². The highest BCUT2D eigenvalue weighted by Crippen LogP contribution is 2.29. The summed E-state index contributed by atoms with van der Waals surface area (Å²) in [6.07, 6.45) is 1.44. The molecular weight excluding hydrogens is 294 g/mol. The van der Waals surface area contributed by atoms with Gasteiger partial charge in [0.25, 0.3) is 0 Å². The predicted molar refractivity (Wildman–Crippen MR) is 93.4 cm³/mol. The molecule has 0 spiro atoms. The number of aliphatic hydroxyl groups excluding tert-OH is 1. The summed E-state index contributed by atoms with van der Waals surface area (Å²) in [7, 11) is 3.18. The smallest absolute Gasteiger partial charge is 0.191 e. The second-order valence-corrected chi connectivity index (χ2v) is 5.12. The van der Waals surface area contributed by atoms with Gasteiger partial charge < -0.3 is 25.2 Å². The van der Waals surface area contributed by atoms with Crippen LogP contribution < -0.4 is 20.1 Å². The standard InChI is InChI=1S/C17H29N3O3/c1-5-7-10-19-17(18-6-2)20-12-15(21)14-11-13(22-3)8-9-16(14)23-4/h8-9,11,15,21H,5-7,10,12H2,1-4H3,(H2,18,19,20). The minimum absolute atomic E-state index is 0.241. The number of hydrogen-bond donors (Lipinski definition) is 3. The SMILES string of the molecule is CCCCNC(=NCC(O)c1cc(OC)ccc1OC)NCC. The van der Waals surface area contributed by atoms with E-state index in [1.54, 1.807) is 32.4 Å². The minimum Gasteiger partial charge on any atom is -0.497 e. The van der Waals surface area contributed by atoms with Gasteiger partial charge in [-0.1, -0.05) is 13.3 Å². The molecule has 1 atom stereocenters. The van der Waals surface area contributed by atoms with Crippen molar-refractivity contribution < 1.29 is 14.6 Å². The lowest BCUT2D eigenvalue weighted by Gasteiger charge is -2.16. The first-order valence-corrected chi connectivity index (χ1v) is 8.08. The topological polar surface area (TPSA) is 75.1 Å². The Labute approximate surface area is 138 Å². The summed E-state index contributed by atoms with van der Waals surface area (Å²) in [6.45, 7) is 6.03. The van der Waals surface area contributed by atoms with Crippen LogP contribution in [0, 0.1) is 0 Å². The fourth-order valence-electron chi connectivity index (χ4n) is 2.10. The Balaban J connectivity index is 2.79. The lowest BCUT2D eigenvalue weighted by Crippen LogP contribution is -2.38. The second-order valence-electron chi connectivity index (χ2n) is 5.12. The molecule has 0 aromatic heterocycles. The Morgan fingerprint density at radius 3 is 2.61 bits per heavy atom. The Morgan fingerprint density at radius 1 is 1.22 bits per heavy atom. The zero-order valence-electron chi connectivity index (χ0n) is 14.6. The van der Waals surface area contributed by atoms with Gasteiger partial charge in [0.05, 0.1) is 20.8 Å². The molecule has 23 heavy (non-hydrogen) atoms. The van der Waals surface area contributed by atoms with Crippen LogP contribution in [0.2, 0.25) is 0 Å². The molecule has 6 nitrogen and oxygen atoms in total. The van der Waals surface area contributed by atoms with Crippen molar-refractivity contribution in [1.82, 2.24) is 10.6 Å². The first-order valence-electron chi connectivity index (χ1n) is 8.08. The molecule has 0 heterocycles. The van der Waals surface area contributed by atoms with E-state index in [1.807, 2.05) is 6.92 Å². The number of benzene rings is 1. The van der Waals surface area contributed by atoms with Crippen LogP contribution in [0.25, 0.3) is 0 Å². The Hall–Kier alpha value is -1.95. The van der Waals surface area contributed by atoms with Crippen molar-refractivity contribution in [2.24, 2.45) is 4.99 Å². The monoisotopic (exact) mass is 323 g/mol. The molecule has 0 aliphatic rings. The molecule has 3 N–H and O–H groups in total. The van der Waals surface area contributed by atoms with Crippen LogP contribution >= 0.6 is 0 Å². The number of aliphatic hydroxyl groups is 1. The van der Waals surface area contributed by atoms with Crippen molar-refractivity contribution in [1.29, 1.82) is 0 Å². The molecule has 0 radical (unpaired) electrons. The van der Waals surface area contributed by atoms with Gasteiger partial charge in [0, 0.05) is 18.7 Å². The summed E-state index contributed by atoms with van der Waals surface area (Å²) < 4.78 is 10.5. The third-order valence-corrected chi connectivity index (χ3v) is 3.39. The largest absolute Gasteiger partial charge is 0.497 e. The second kappa shape index (κ2) is 10.7. The zero-order chi connectivity index (χ0) is 17.1. The normalized spacial score (nSPS) is 12.7. The molecule has 1 rings (SSSR count). The number of unbranched alkanes of at least 4 members (excludes halogenated alkanes) is 1. The van der Waals surface area contributed by atoms with E-state index in [9.17, 15) is 5.11 Å². The molecule has 130 valence electrons. The molecule has 6 heteroatoms. The summed E-state index contributed by atoms with van der Waals surface area (Å²) in [6, 6.07) is 5.36. The average Bonchev–Trinajstić information content (AvgIpc) is 2.58. The minimum atomic E-state index is -0.762. The molecular formula is C17H29N3O3. The van der Waals surface area contributed by atoms with Gasteiger partial charge in [0.15, 0.2) is 5.96 Å². The molecule has 0 aliphatic heterocycles. The van der Waals surface area contributed by atoms with Crippen LogP contribution in [0.1, 0.15) is 38.4 Å². The van der Waals surface area contributed by atoms with Gasteiger partial charge in [-0.15, -0.1) is 0 Å². The van der Waals surface area contributed by atoms with E-state index < -0.39 is 6.10 Å². The number of rotatable bonds is 9. The first-order chi connectivity index (χ1) is 11.2. The van der Waals surface area contributed by atoms with Gasteiger partial charge in [0.2, 0.25) is 0 Å². The van der Waals surface area contributed by atoms with Gasteiger partial charge in [-0.05, 0) is 31.5 Å². The van der Waals surface area contributed by atoms with Crippen LogP contribution in [0.4, 0.5) is 0 Å². The van der Waals surface area contributed by atoms with E-state index in [4.69, 9.17) is 9.47 Å². The highest BCUT2D eigenvalue weighted by molar-refractivity contribution is 5.79. The summed E-state index contributed by atoms with van der Waals surface area (Å²) >= 11 is 0. The van der Waals surface area contributed by atoms with Crippen LogP contribution in [0.3, 0.4) is 0 Å². The van der Waals surface area contributed by atoms with E-state index in [0.717, 1.165) is 25.9 Å². The van der Waals surface area contributed by atoms with E-state index >= 15 is 0 Å². The molecule has 0 saturated carbocycles. The van der Waals surface area contributed by atoms with Gasteiger partial charge >= 0.3 is 0 Å². The highest BCUT2D eigenvalue weighted by Gasteiger charge is 2.14. The number of methoxy groups -OCH3 is 2. The van der Waals surface area contributed by atoms with Crippen molar-refractivity contribution in [3.63, 3.8) is 0 Å². The Bertz CT molecular complexity index is 492. The fourth-order valence-corrected chi connectivity index (χ4v) is 2.10. The fraction of sp³-hybridized carbons (Fsp3) is 0.588. The maximum Gasteiger partial charge on any atom is 0.191 e. The van der Waals surface area contributed by atoms with E-state index in [1.165, 1.54) is 0 Å². The number of nitrogens with zero attached hydrogens (tertiary/aromatic N) is 1. The summed E-state index contributed by atoms with van der Waals surface area (Å²) in [5.74, 6) is 2.01. The van der Waals surface area contributed by atoms with Crippen LogP contribution in [-0.2, 0) is 0 Å². The van der Waals surface area contributed by atoms with Crippen LogP contribution in [0.15, 0.2) is 23.2 Å². The molecule has 0 fully saturated rings. The van der Waals surface area contributed by atoms with Gasteiger partial charge in [-0.3, -0.25) is 4.99 Å². The third kappa shape index (κ3) is 6.36. The average molecular weight is 323 g/mol. The number of hydrogen-bond acceptors (Lipinski definition) is 4. The number of ether oxygens (including phenoxy) is 2.